The van der Waals surface area contributed by atoms with E-state index >= 15 is 0 Å². The minimum absolute atomic E-state index is 0.0209. The summed E-state index contributed by atoms with van der Waals surface area (Å²) in [6.07, 6.45) is 0.695. The molecule has 0 saturated heterocycles. The first-order chi connectivity index (χ1) is 11.4. The van der Waals surface area contributed by atoms with Gasteiger partial charge < -0.3 is 11.1 Å². The Morgan fingerprint density at radius 2 is 2.08 bits per heavy atom. The molecule has 3 N–H and O–H groups in total. The Morgan fingerprint density at radius 1 is 1.29 bits per heavy atom. The van der Waals surface area contributed by atoms with Crippen molar-refractivity contribution < 1.29 is 4.79 Å². The normalized spacial score (nSPS) is 11.8. The average Bonchev–Trinajstić information content (AvgIpc) is 3.13. The van der Waals surface area contributed by atoms with Crippen molar-refractivity contribution in [3.05, 3.63) is 39.3 Å². The molecule has 0 radical (unpaired) electrons. The van der Waals surface area contributed by atoms with Gasteiger partial charge in [-0.15, -0.1) is 22.7 Å². The van der Waals surface area contributed by atoms with Crippen LogP contribution in [-0.2, 0) is 11.8 Å². The van der Waals surface area contributed by atoms with Crippen LogP contribution in [0.3, 0.4) is 0 Å². The van der Waals surface area contributed by atoms with Gasteiger partial charge in [0.1, 0.15) is 5.69 Å². The maximum Gasteiger partial charge on any atom is 0.275 e. The number of nitrogens with two attached hydrogens (primary N) is 1. The lowest BCUT2D eigenvalue weighted by molar-refractivity contribution is 0.102. The number of aromatic nitrogens is 2. The summed E-state index contributed by atoms with van der Waals surface area (Å²) in [4.78, 5) is 21.3. The fourth-order valence-electron chi connectivity index (χ4n) is 2.17. The molecule has 0 atom stereocenters. The molecule has 0 unspecified atom stereocenters. The molecule has 7 heteroatoms. The maximum atomic E-state index is 12.3. The second-order valence-electron chi connectivity index (χ2n) is 6.57. The second kappa shape index (κ2) is 6.58. The van der Waals surface area contributed by atoms with Crippen molar-refractivity contribution in [2.75, 3.05) is 11.9 Å². The number of anilines is 1. The van der Waals surface area contributed by atoms with E-state index in [-0.39, 0.29) is 11.3 Å². The molecular weight excluding hydrogens is 340 g/mol. The van der Waals surface area contributed by atoms with Gasteiger partial charge in [-0.2, -0.15) is 0 Å². The zero-order valence-electron chi connectivity index (χ0n) is 13.9. The van der Waals surface area contributed by atoms with E-state index in [1.54, 1.807) is 16.7 Å². The topological polar surface area (TPSA) is 80.9 Å². The van der Waals surface area contributed by atoms with Crippen molar-refractivity contribution in [1.29, 1.82) is 0 Å². The van der Waals surface area contributed by atoms with Gasteiger partial charge in [-0.05, 0) is 24.7 Å². The summed E-state index contributed by atoms with van der Waals surface area (Å²) in [6, 6.07) is 5.78. The number of nitrogens with zero attached hydrogens (tertiary/aromatic N) is 2. The van der Waals surface area contributed by atoms with E-state index in [9.17, 15) is 4.79 Å². The van der Waals surface area contributed by atoms with E-state index in [0.717, 1.165) is 25.9 Å². The average molecular weight is 361 g/mol. The van der Waals surface area contributed by atoms with Crippen LogP contribution in [0.15, 0.2) is 23.6 Å². The van der Waals surface area contributed by atoms with Crippen molar-refractivity contribution in [3.8, 4) is 0 Å². The fourth-order valence-corrected chi connectivity index (χ4v) is 4.03. The van der Waals surface area contributed by atoms with E-state index in [1.165, 1.54) is 11.3 Å². The Balaban J connectivity index is 1.80. The van der Waals surface area contributed by atoms with Crippen molar-refractivity contribution in [2.45, 2.75) is 32.6 Å². The maximum absolute atomic E-state index is 12.3. The van der Waals surface area contributed by atoms with Gasteiger partial charge in [-0.3, -0.25) is 4.79 Å². The van der Waals surface area contributed by atoms with Crippen LogP contribution in [-0.4, -0.2) is 22.4 Å². The Labute approximate surface area is 148 Å². The molecule has 0 aliphatic carbocycles. The molecule has 1 amide bonds. The highest BCUT2D eigenvalue weighted by Gasteiger charge is 2.19. The molecule has 0 aliphatic rings. The zero-order chi connectivity index (χ0) is 17.3. The Morgan fingerprint density at radius 3 is 2.79 bits per heavy atom. The molecule has 3 rings (SSSR count). The van der Waals surface area contributed by atoms with E-state index in [0.29, 0.717) is 18.7 Å². The minimum Gasteiger partial charge on any atom is -0.330 e. The second-order valence-corrected chi connectivity index (χ2v) is 8.54. The van der Waals surface area contributed by atoms with Crippen LogP contribution in [0.25, 0.3) is 10.2 Å². The van der Waals surface area contributed by atoms with Crippen LogP contribution in [0.1, 0.15) is 41.3 Å². The van der Waals surface area contributed by atoms with E-state index in [1.807, 2.05) is 18.2 Å². The van der Waals surface area contributed by atoms with Gasteiger partial charge in [0.05, 0.1) is 20.2 Å². The number of benzene rings is 1. The summed E-state index contributed by atoms with van der Waals surface area (Å²) < 4.78 is 1.07. The van der Waals surface area contributed by atoms with Gasteiger partial charge in [0.25, 0.3) is 5.91 Å². The van der Waals surface area contributed by atoms with Gasteiger partial charge in [-0.25, -0.2) is 9.97 Å². The van der Waals surface area contributed by atoms with E-state index < -0.39 is 0 Å². The predicted molar refractivity (Wildman–Crippen MR) is 101 cm³/mol. The standard InChI is InChI=1S/C17H20N4OS2/c1-17(2,3)16-21-11-5-4-10(8-13(11)24-16)19-15(22)12-9-23-14(20-12)6-7-18/h4-5,8-9H,6-7,18H2,1-3H3,(H,19,22). The minimum atomic E-state index is -0.200. The Bertz CT molecular complexity index is 876. The quantitative estimate of drug-likeness (QED) is 0.741. The van der Waals surface area contributed by atoms with Crippen molar-refractivity contribution in [2.24, 2.45) is 5.73 Å². The monoisotopic (exact) mass is 360 g/mol. The van der Waals surface area contributed by atoms with Gasteiger partial charge in [0.2, 0.25) is 0 Å². The highest BCUT2D eigenvalue weighted by molar-refractivity contribution is 7.18. The molecule has 3 aromatic rings. The van der Waals surface area contributed by atoms with Gasteiger partial charge in [0.15, 0.2) is 0 Å². The predicted octanol–water partition coefficient (Wildman–Crippen LogP) is 3.80. The van der Waals surface area contributed by atoms with Crippen LogP contribution >= 0.6 is 22.7 Å². The third-order valence-corrected chi connectivity index (χ3v) is 5.78. The Kier molecular flexibility index (Phi) is 4.67. The summed E-state index contributed by atoms with van der Waals surface area (Å²) >= 11 is 3.12. The molecule has 126 valence electrons. The number of rotatable bonds is 4. The third kappa shape index (κ3) is 3.63. The zero-order valence-corrected chi connectivity index (χ0v) is 15.6. The number of carbonyl (C=O) groups is 1. The lowest BCUT2D eigenvalue weighted by atomic mass is 9.98. The van der Waals surface area contributed by atoms with Crippen LogP contribution < -0.4 is 11.1 Å². The lowest BCUT2D eigenvalue weighted by Gasteiger charge is -2.13. The number of carbonyl (C=O) groups excluding carboxylic acids is 1. The molecule has 24 heavy (non-hydrogen) atoms. The largest absolute Gasteiger partial charge is 0.330 e. The molecule has 5 nitrogen and oxygen atoms in total. The molecule has 0 aliphatic heterocycles. The van der Waals surface area contributed by atoms with Gasteiger partial charge in [-0.1, -0.05) is 20.8 Å². The smallest absolute Gasteiger partial charge is 0.275 e. The molecule has 0 fully saturated rings. The first-order valence-corrected chi connectivity index (χ1v) is 9.43. The summed E-state index contributed by atoms with van der Waals surface area (Å²) in [5.74, 6) is -0.200. The van der Waals surface area contributed by atoms with Crippen molar-refractivity contribution in [1.82, 2.24) is 9.97 Å². The first-order valence-electron chi connectivity index (χ1n) is 7.74. The number of hydrogen-bond donors (Lipinski definition) is 2. The first kappa shape index (κ1) is 17.0. The summed E-state index contributed by atoms with van der Waals surface area (Å²) in [6.45, 7) is 6.98. The molecule has 2 aromatic heterocycles. The summed E-state index contributed by atoms with van der Waals surface area (Å²) in [5.41, 5.74) is 7.69. The fraction of sp³-hybridized carbons (Fsp3) is 0.353. The SMILES string of the molecule is CC(C)(C)c1nc2ccc(NC(=O)c3csc(CCN)n3)cc2s1. The van der Waals surface area contributed by atoms with E-state index in [4.69, 9.17) is 5.73 Å². The number of fused-ring (bicyclic) bond motifs is 1. The van der Waals surface area contributed by atoms with Gasteiger partial charge >= 0.3 is 0 Å². The lowest BCUT2D eigenvalue weighted by Crippen LogP contribution is -2.12. The number of nitrogens with one attached hydrogen (secondary N) is 1. The van der Waals surface area contributed by atoms with Crippen molar-refractivity contribution in [3.63, 3.8) is 0 Å². The van der Waals surface area contributed by atoms with Crippen LogP contribution in [0.4, 0.5) is 5.69 Å². The molecule has 0 spiro atoms. The van der Waals surface area contributed by atoms with Crippen LogP contribution in [0.2, 0.25) is 0 Å². The highest BCUT2D eigenvalue weighted by Crippen LogP contribution is 2.32. The highest BCUT2D eigenvalue weighted by atomic mass is 32.1. The molecular formula is C17H20N4OS2. The molecule has 2 heterocycles. The molecule has 0 bridgehead atoms. The van der Waals surface area contributed by atoms with E-state index in [2.05, 4.69) is 36.1 Å². The molecule has 0 saturated carbocycles. The summed E-state index contributed by atoms with van der Waals surface area (Å²) in [5, 5.41) is 6.65. The van der Waals surface area contributed by atoms with Crippen LogP contribution in [0, 0.1) is 0 Å². The van der Waals surface area contributed by atoms with Gasteiger partial charge in [0, 0.05) is 22.9 Å². The molecule has 1 aromatic carbocycles. The van der Waals surface area contributed by atoms with Crippen LogP contribution in [0.5, 0.6) is 0 Å². The summed E-state index contributed by atoms with van der Waals surface area (Å²) in [7, 11) is 0. The third-order valence-electron chi connectivity index (χ3n) is 3.43. The number of amides is 1. The Hall–Kier alpha value is -1.83. The van der Waals surface area contributed by atoms with Crippen molar-refractivity contribution >= 4 is 44.5 Å². The number of thiazole rings is 2. The number of hydrogen-bond acceptors (Lipinski definition) is 6.